The molecule has 0 radical (unpaired) electrons. The molecule has 0 saturated heterocycles. The average molecular weight is 375 g/mol. The Morgan fingerprint density at radius 1 is 1.15 bits per heavy atom. The Kier molecular flexibility index (Phi) is 7.49. The van der Waals surface area contributed by atoms with Crippen molar-refractivity contribution >= 4 is 18.3 Å². The van der Waals surface area contributed by atoms with Gasteiger partial charge in [0.2, 0.25) is 6.10 Å². The molecule has 3 N–H and O–H groups in total. The number of amides is 1. The highest BCUT2D eigenvalue weighted by Crippen LogP contribution is 2.31. The molecule has 2 aromatic carbocycles. The van der Waals surface area contributed by atoms with Crippen LogP contribution in [0.15, 0.2) is 54.6 Å². The van der Waals surface area contributed by atoms with Gasteiger partial charge in [-0.15, -0.1) is 12.4 Å². The van der Waals surface area contributed by atoms with E-state index in [4.69, 9.17) is 10.5 Å². The fourth-order valence-corrected chi connectivity index (χ4v) is 2.94. The number of nitrogens with one attached hydrogen (secondary N) is 1. The number of halogens is 1. The lowest BCUT2D eigenvalue weighted by atomic mass is 10.1. The number of rotatable bonds is 8. The van der Waals surface area contributed by atoms with Crippen LogP contribution in [-0.4, -0.2) is 18.5 Å². The molecule has 0 aromatic heterocycles. The van der Waals surface area contributed by atoms with E-state index in [1.807, 2.05) is 54.6 Å². The van der Waals surface area contributed by atoms with E-state index < -0.39 is 6.10 Å². The number of aryl methyl sites for hydroxylation is 1. The molecule has 0 aliphatic heterocycles. The topological polar surface area (TPSA) is 64.3 Å². The second-order valence-corrected chi connectivity index (χ2v) is 6.62. The van der Waals surface area contributed by atoms with Crippen molar-refractivity contribution < 1.29 is 9.53 Å². The Bertz CT molecular complexity index is 704. The Balaban J connectivity index is 0.00000243. The highest BCUT2D eigenvalue weighted by atomic mass is 35.5. The van der Waals surface area contributed by atoms with Crippen LogP contribution < -0.4 is 15.8 Å². The molecule has 2 unspecified atom stereocenters. The molecule has 3 rings (SSSR count). The minimum Gasteiger partial charge on any atom is -0.476 e. The molecule has 26 heavy (non-hydrogen) atoms. The first-order chi connectivity index (χ1) is 12.2. The third-order valence-electron chi connectivity index (χ3n) is 4.68. The number of hydrogen-bond donors (Lipinski definition) is 2. The van der Waals surface area contributed by atoms with Gasteiger partial charge in [0.15, 0.2) is 0 Å². The number of para-hydroxylation sites is 1. The van der Waals surface area contributed by atoms with E-state index in [2.05, 4.69) is 12.2 Å². The molecule has 140 valence electrons. The standard InChI is InChI=1S/C21H26N2O2.ClH/c1-2-15-8-6-7-11-19(15)25-20(17-9-4-3-5-10-17)21(24)23-14-18(22)16-12-13-16;/h3-11,16,18,20H,2,12-14,22H2,1H3,(H,23,24);1H. The summed E-state index contributed by atoms with van der Waals surface area (Å²) in [6.07, 6.45) is 2.51. The molecule has 0 heterocycles. The van der Waals surface area contributed by atoms with Crippen LogP contribution in [0.25, 0.3) is 0 Å². The van der Waals surface area contributed by atoms with Gasteiger partial charge < -0.3 is 15.8 Å². The summed E-state index contributed by atoms with van der Waals surface area (Å²) in [5, 5.41) is 2.97. The van der Waals surface area contributed by atoms with Crippen LogP contribution in [-0.2, 0) is 11.2 Å². The van der Waals surface area contributed by atoms with E-state index in [0.29, 0.717) is 12.5 Å². The maximum atomic E-state index is 12.8. The van der Waals surface area contributed by atoms with Gasteiger partial charge in [0.05, 0.1) is 0 Å². The summed E-state index contributed by atoms with van der Waals surface area (Å²) >= 11 is 0. The molecular weight excluding hydrogens is 348 g/mol. The fourth-order valence-electron chi connectivity index (χ4n) is 2.94. The van der Waals surface area contributed by atoms with Crippen molar-refractivity contribution in [3.8, 4) is 5.75 Å². The van der Waals surface area contributed by atoms with Gasteiger partial charge >= 0.3 is 0 Å². The predicted molar refractivity (Wildman–Crippen MR) is 107 cm³/mol. The first-order valence-corrected chi connectivity index (χ1v) is 9.01. The second-order valence-electron chi connectivity index (χ2n) is 6.62. The van der Waals surface area contributed by atoms with Gasteiger partial charge in [0.25, 0.3) is 5.91 Å². The van der Waals surface area contributed by atoms with E-state index in [9.17, 15) is 4.79 Å². The first-order valence-electron chi connectivity index (χ1n) is 9.01. The van der Waals surface area contributed by atoms with E-state index in [-0.39, 0.29) is 24.4 Å². The Morgan fingerprint density at radius 2 is 1.81 bits per heavy atom. The quantitative estimate of drug-likeness (QED) is 0.741. The summed E-state index contributed by atoms with van der Waals surface area (Å²) in [5.41, 5.74) is 8.04. The molecule has 2 atom stereocenters. The van der Waals surface area contributed by atoms with Crippen molar-refractivity contribution in [3.05, 3.63) is 65.7 Å². The van der Waals surface area contributed by atoms with E-state index in [0.717, 1.165) is 23.3 Å². The van der Waals surface area contributed by atoms with Crippen LogP contribution in [0.2, 0.25) is 0 Å². The minimum absolute atomic E-state index is 0. The van der Waals surface area contributed by atoms with Gasteiger partial charge in [-0.2, -0.15) is 0 Å². The van der Waals surface area contributed by atoms with E-state index in [1.54, 1.807) is 0 Å². The summed E-state index contributed by atoms with van der Waals surface area (Å²) < 4.78 is 6.14. The monoisotopic (exact) mass is 374 g/mol. The zero-order valence-corrected chi connectivity index (χ0v) is 15.9. The lowest BCUT2D eigenvalue weighted by molar-refractivity contribution is -0.128. The molecule has 4 nitrogen and oxygen atoms in total. The number of carbonyl (C=O) groups excluding carboxylic acids is 1. The second kappa shape index (κ2) is 9.60. The van der Waals surface area contributed by atoms with Crippen molar-refractivity contribution in [3.63, 3.8) is 0 Å². The smallest absolute Gasteiger partial charge is 0.265 e. The molecule has 0 bridgehead atoms. The maximum Gasteiger partial charge on any atom is 0.265 e. The third kappa shape index (κ3) is 5.23. The number of carbonyl (C=O) groups is 1. The summed E-state index contributed by atoms with van der Waals surface area (Å²) in [7, 11) is 0. The molecule has 1 aliphatic rings. The molecule has 5 heteroatoms. The molecule has 1 fully saturated rings. The Labute approximate surface area is 161 Å². The zero-order chi connectivity index (χ0) is 17.6. The molecule has 1 saturated carbocycles. The van der Waals surface area contributed by atoms with Gasteiger partial charge in [-0.3, -0.25) is 4.79 Å². The van der Waals surface area contributed by atoms with Crippen molar-refractivity contribution in [2.24, 2.45) is 11.7 Å². The number of hydrogen-bond acceptors (Lipinski definition) is 3. The van der Waals surface area contributed by atoms with Crippen molar-refractivity contribution in [2.45, 2.75) is 38.3 Å². The summed E-state index contributed by atoms with van der Waals surface area (Å²) in [6.45, 7) is 2.57. The summed E-state index contributed by atoms with van der Waals surface area (Å²) in [5.74, 6) is 1.16. The van der Waals surface area contributed by atoms with Crippen LogP contribution >= 0.6 is 12.4 Å². The van der Waals surface area contributed by atoms with Gasteiger partial charge in [-0.05, 0) is 36.8 Å². The fraction of sp³-hybridized carbons (Fsp3) is 0.381. The lowest BCUT2D eigenvalue weighted by Gasteiger charge is -2.22. The zero-order valence-electron chi connectivity index (χ0n) is 15.1. The lowest BCUT2D eigenvalue weighted by Crippen LogP contribution is -2.41. The average Bonchev–Trinajstić information content (AvgIpc) is 3.50. The van der Waals surface area contributed by atoms with Crippen LogP contribution in [0, 0.1) is 5.92 Å². The minimum atomic E-state index is -0.680. The van der Waals surface area contributed by atoms with E-state index in [1.165, 1.54) is 12.8 Å². The Morgan fingerprint density at radius 3 is 2.46 bits per heavy atom. The van der Waals surface area contributed by atoms with Gasteiger partial charge in [0.1, 0.15) is 5.75 Å². The first kappa shape index (κ1) is 20.3. The maximum absolute atomic E-state index is 12.8. The number of benzene rings is 2. The summed E-state index contributed by atoms with van der Waals surface area (Å²) in [4.78, 5) is 12.8. The largest absolute Gasteiger partial charge is 0.476 e. The van der Waals surface area contributed by atoms with Crippen LogP contribution in [0.5, 0.6) is 5.75 Å². The van der Waals surface area contributed by atoms with Crippen LogP contribution in [0.1, 0.15) is 37.0 Å². The molecule has 2 aromatic rings. The van der Waals surface area contributed by atoms with E-state index >= 15 is 0 Å². The molecule has 0 spiro atoms. The molecule has 1 aliphatic carbocycles. The van der Waals surface area contributed by atoms with Gasteiger partial charge in [-0.1, -0.05) is 55.5 Å². The molecular formula is C21H27ClN2O2. The third-order valence-corrected chi connectivity index (χ3v) is 4.68. The van der Waals surface area contributed by atoms with Crippen LogP contribution in [0.3, 0.4) is 0 Å². The SMILES string of the molecule is CCc1ccccc1OC(C(=O)NCC(N)C1CC1)c1ccccc1.Cl. The predicted octanol–water partition coefficient (Wildman–Crippen LogP) is 3.64. The van der Waals surface area contributed by atoms with Crippen LogP contribution in [0.4, 0.5) is 0 Å². The Hall–Kier alpha value is -2.04. The number of nitrogens with two attached hydrogens (primary N) is 1. The van der Waals surface area contributed by atoms with Gasteiger partial charge in [0, 0.05) is 18.2 Å². The number of ether oxygens (including phenoxy) is 1. The molecule has 1 amide bonds. The summed E-state index contributed by atoms with van der Waals surface area (Å²) in [6, 6.07) is 17.5. The van der Waals surface area contributed by atoms with Crippen molar-refractivity contribution in [2.75, 3.05) is 6.54 Å². The van der Waals surface area contributed by atoms with Crippen molar-refractivity contribution in [1.82, 2.24) is 5.32 Å². The van der Waals surface area contributed by atoms with Crippen molar-refractivity contribution in [1.29, 1.82) is 0 Å². The highest BCUT2D eigenvalue weighted by molar-refractivity contribution is 5.85. The highest BCUT2D eigenvalue weighted by Gasteiger charge is 2.30. The normalized spacial score (nSPS) is 15.5. The van der Waals surface area contributed by atoms with Gasteiger partial charge in [-0.25, -0.2) is 0 Å².